The number of benzene rings is 1. The lowest BCUT2D eigenvalue weighted by Gasteiger charge is -2.30. The zero-order valence-electron chi connectivity index (χ0n) is 12.2. The van der Waals surface area contributed by atoms with Gasteiger partial charge in [0, 0.05) is 25.2 Å². The zero-order valence-corrected chi connectivity index (χ0v) is 16.0. The predicted octanol–water partition coefficient (Wildman–Crippen LogP) is 6.65. The molecule has 2 aromatic rings. The first kappa shape index (κ1) is 18.4. The molecule has 0 radical (unpaired) electrons. The molecule has 128 valence electrons. The van der Waals surface area contributed by atoms with Crippen LogP contribution in [0.25, 0.3) is 0 Å². The number of ether oxygens (including phenoxy) is 2. The third-order valence-electron chi connectivity index (χ3n) is 3.75. The van der Waals surface area contributed by atoms with Gasteiger partial charge >= 0.3 is 0 Å². The maximum absolute atomic E-state index is 6.22. The lowest BCUT2D eigenvalue weighted by Crippen LogP contribution is -2.28. The van der Waals surface area contributed by atoms with E-state index in [0.717, 1.165) is 5.56 Å². The highest BCUT2D eigenvalue weighted by Gasteiger charge is 2.28. The molecule has 24 heavy (non-hydrogen) atoms. The molecule has 1 aliphatic heterocycles. The van der Waals surface area contributed by atoms with Crippen LogP contribution >= 0.6 is 58.0 Å². The Morgan fingerprint density at radius 2 is 1.67 bits per heavy atom. The summed E-state index contributed by atoms with van der Waals surface area (Å²) in [6, 6.07) is 3.84. The fraction of sp³-hybridized carbons (Fsp3) is 0.312. The molecule has 8 heteroatoms. The minimum absolute atomic E-state index is 0.103. The summed E-state index contributed by atoms with van der Waals surface area (Å²) >= 11 is 30.6. The summed E-state index contributed by atoms with van der Waals surface area (Å²) in [7, 11) is 0. The van der Waals surface area contributed by atoms with Gasteiger partial charge < -0.3 is 9.47 Å². The van der Waals surface area contributed by atoms with Crippen molar-refractivity contribution in [2.45, 2.75) is 25.0 Å². The van der Waals surface area contributed by atoms with E-state index >= 15 is 0 Å². The van der Waals surface area contributed by atoms with Crippen LogP contribution in [0.5, 0.6) is 5.75 Å². The first-order valence-electron chi connectivity index (χ1n) is 7.18. The van der Waals surface area contributed by atoms with E-state index in [1.165, 1.54) is 0 Å². The van der Waals surface area contributed by atoms with Crippen molar-refractivity contribution in [2.75, 3.05) is 6.61 Å². The van der Waals surface area contributed by atoms with E-state index in [0.29, 0.717) is 19.4 Å². The van der Waals surface area contributed by atoms with Crippen molar-refractivity contribution in [2.24, 2.45) is 0 Å². The molecule has 0 saturated carbocycles. The SMILES string of the molecule is Clc1c(Cl)c(Cl)c(OC2CCOC(c3cccnc3)C2)c(Cl)c1Cl. The molecule has 1 aromatic heterocycles. The van der Waals surface area contributed by atoms with Crippen molar-refractivity contribution in [3.05, 3.63) is 55.2 Å². The number of nitrogens with zero attached hydrogens (tertiary/aromatic N) is 1. The van der Waals surface area contributed by atoms with Crippen molar-refractivity contribution in [3.8, 4) is 5.75 Å². The summed E-state index contributed by atoms with van der Waals surface area (Å²) in [5.74, 6) is 0.245. The van der Waals surface area contributed by atoms with Crippen LogP contribution in [-0.4, -0.2) is 17.7 Å². The van der Waals surface area contributed by atoms with E-state index in [-0.39, 0.29) is 43.1 Å². The molecule has 1 aliphatic rings. The Kier molecular flexibility index (Phi) is 6.02. The molecule has 1 saturated heterocycles. The van der Waals surface area contributed by atoms with Crippen molar-refractivity contribution >= 4 is 58.0 Å². The molecule has 0 aliphatic carbocycles. The van der Waals surface area contributed by atoms with Crippen LogP contribution in [0.1, 0.15) is 24.5 Å². The lowest BCUT2D eigenvalue weighted by atomic mass is 10.0. The van der Waals surface area contributed by atoms with E-state index in [1.54, 1.807) is 12.4 Å². The van der Waals surface area contributed by atoms with Gasteiger partial charge in [0.15, 0.2) is 5.75 Å². The largest absolute Gasteiger partial charge is 0.487 e. The van der Waals surface area contributed by atoms with Crippen molar-refractivity contribution in [1.82, 2.24) is 4.98 Å². The lowest BCUT2D eigenvalue weighted by molar-refractivity contribution is -0.0364. The molecular formula is C16H12Cl5NO2. The van der Waals surface area contributed by atoms with Gasteiger partial charge in [0.2, 0.25) is 0 Å². The Labute approximate surface area is 164 Å². The Morgan fingerprint density at radius 1 is 1.00 bits per heavy atom. The third kappa shape index (κ3) is 3.72. The summed E-state index contributed by atoms with van der Waals surface area (Å²) in [5.41, 5.74) is 0.996. The monoisotopic (exact) mass is 425 g/mol. The fourth-order valence-corrected chi connectivity index (χ4v) is 3.74. The number of hydrogen-bond donors (Lipinski definition) is 0. The fourth-order valence-electron chi connectivity index (χ4n) is 2.53. The first-order chi connectivity index (χ1) is 11.5. The molecular weight excluding hydrogens is 415 g/mol. The highest BCUT2D eigenvalue weighted by atomic mass is 35.5. The maximum Gasteiger partial charge on any atom is 0.160 e. The summed E-state index contributed by atoms with van der Waals surface area (Å²) in [5, 5.41) is 0.666. The van der Waals surface area contributed by atoms with Gasteiger partial charge in [-0.25, -0.2) is 0 Å². The normalized spacial score (nSPS) is 20.9. The molecule has 0 amide bonds. The molecule has 1 fully saturated rings. The number of rotatable bonds is 3. The van der Waals surface area contributed by atoms with Gasteiger partial charge in [-0.1, -0.05) is 64.1 Å². The predicted molar refractivity (Wildman–Crippen MR) is 98.1 cm³/mol. The average molecular weight is 428 g/mol. The zero-order chi connectivity index (χ0) is 17.3. The smallest absolute Gasteiger partial charge is 0.160 e. The van der Waals surface area contributed by atoms with E-state index in [1.807, 2.05) is 12.1 Å². The molecule has 1 aromatic carbocycles. The summed E-state index contributed by atoms with van der Waals surface area (Å²) in [6.07, 6.45) is 4.58. The van der Waals surface area contributed by atoms with Gasteiger partial charge in [0.05, 0.1) is 27.8 Å². The minimum Gasteiger partial charge on any atom is -0.487 e. The molecule has 0 N–H and O–H groups in total. The molecule has 2 heterocycles. The first-order valence-corrected chi connectivity index (χ1v) is 9.07. The molecule has 3 nitrogen and oxygen atoms in total. The number of aromatic nitrogens is 1. The van der Waals surface area contributed by atoms with Gasteiger partial charge in [-0.2, -0.15) is 0 Å². The number of hydrogen-bond acceptors (Lipinski definition) is 3. The Balaban J connectivity index is 1.82. The van der Waals surface area contributed by atoms with Crippen LogP contribution in [-0.2, 0) is 4.74 Å². The van der Waals surface area contributed by atoms with E-state index in [4.69, 9.17) is 67.5 Å². The summed E-state index contributed by atoms with van der Waals surface area (Å²) in [4.78, 5) is 4.12. The molecule has 2 atom stereocenters. The molecule has 3 rings (SSSR count). The van der Waals surface area contributed by atoms with Crippen LogP contribution in [0.3, 0.4) is 0 Å². The van der Waals surface area contributed by atoms with Gasteiger partial charge in [0.1, 0.15) is 16.1 Å². The van der Waals surface area contributed by atoms with Gasteiger partial charge in [-0.3, -0.25) is 4.98 Å². The number of pyridine rings is 1. The van der Waals surface area contributed by atoms with Gasteiger partial charge in [-0.05, 0) is 11.6 Å². The van der Waals surface area contributed by atoms with E-state index in [9.17, 15) is 0 Å². The van der Waals surface area contributed by atoms with Crippen LogP contribution in [0, 0.1) is 0 Å². The van der Waals surface area contributed by atoms with Crippen LogP contribution in [0.2, 0.25) is 25.1 Å². The van der Waals surface area contributed by atoms with Crippen LogP contribution in [0.15, 0.2) is 24.5 Å². The van der Waals surface area contributed by atoms with Crippen LogP contribution in [0.4, 0.5) is 0 Å². The Morgan fingerprint density at radius 3 is 2.29 bits per heavy atom. The maximum atomic E-state index is 6.22. The van der Waals surface area contributed by atoms with Crippen LogP contribution < -0.4 is 4.74 Å². The second-order valence-electron chi connectivity index (χ2n) is 5.31. The van der Waals surface area contributed by atoms with Crippen molar-refractivity contribution < 1.29 is 9.47 Å². The Bertz CT molecular complexity index is 712. The van der Waals surface area contributed by atoms with Crippen molar-refractivity contribution in [1.29, 1.82) is 0 Å². The van der Waals surface area contributed by atoms with Gasteiger partial charge in [-0.15, -0.1) is 0 Å². The molecule has 2 unspecified atom stereocenters. The quantitative estimate of drug-likeness (QED) is 0.406. The standard InChI is InChI=1S/C16H12Cl5NO2/c17-11-12(18)14(20)16(15(21)13(11)19)24-9-3-5-23-10(6-9)8-2-1-4-22-7-8/h1-2,4,7,9-10H,3,5-6H2. The minimum atomic E-state index is -0.146. The molecule has 0 spiro atoms. The van der Waals surface area contributed by atoms with E-state index < -0.39 is 0 Å². The second-order valence-corrected chi connectivity index (χ2v) is 7.20. The average Bonchev–Trinajstić information content (AvgIpc) is 2.63. The van der Waals surface area contributed by atoms with Gasteiger partial charge in [0.25, 0.3) is 0 Å². The van der Waals surface area contributed by atoms with E-state index in [2.05, 4.69) is 4.98 Å². The molecule has 0 bridgehead atoms. The summed E-state index contributed by atoms with van der Waals surface area (Å²) in [6.45, 7) is 0.550. The summed E-state index contributed by atoms with van der Waals surface area (Å²) < 4.78 is 11.8. The topological polar surface area (TPSA) is 31.4 Å². The van der Waals surface area contributed by atoms with Crippen molar-refractivity contribution in [3.63, 3.8) is 0 Å². The third-order valence-corrected chi connectivity index (χ3v) is 5.99. The second kappa shape index (κ2) is 7.86. The highest BCUT2D eigenvalue weighted by molar-refractivity contribution is 6.55. The number of halogens is 5. The Hall–Kier alpha value is -0.420. The highest BCUT2D eigenvalue weighted by Crippen LogP contribution is 2.49.